The zero-order valence-corrected chi connectivity index (χ0v) is 13.6. The summed E-state index contributed by atoms with van der Waals surface area (Å²) in [6.07, 6.45) is 4.35. The Labute approximate surface area is 132 Å². The van der Waals surface area contributed by atoms with Crippen LogP contribution in [0.5, 0.6) is 0 Å². The van der Waals surface area contributed by atoms with Crippen LogP contribution < -0.4 is 0 Å². The smallest absolute Gasteiger partial charge is 0.255 e. The van der Waals surface area contributed by atoms with Crippen molar-refractivity contribution in [1.82, 2.24) is 4.90 Å². The number of benzene rings is 1. The molecular formula is C14H16BrCl2NO. The maximum Gasteiger partial charge on any atom is 0.255 e. The molecule has 1 aliphatic carbocycles. The normalized spacial score (nSPS) is 15.1. The van der Waals surface area contributed by atoms with E-state index in [-0.39, 0.29) is 5.91 Å². The first-order valence-electron chi connectivity index (χ1n) is 6.45. The number of carbonyl (C=O) groups is 1. The number of amides is 1. The second-order valence-corrected chi connectivity index (χ2v) is 6.39. The van der Waals surface area contributed by atoms with Crippen LogP contribution in [0, 0.1) is 0 Å². The Kier molecular flexibility index (Phi) is 5.55. The standard InChI is InChI=1S/C14H16BrCl2NO/c15-7-2-8-18(11-3-1-4-11)14(19)12-6-5-10(16)9-13(12)17/h5-6,9,11H,1-4,7-8H2. The van der Waals surface area contributed by atoms with Gasteiger partial charge >= 0.3 is 0 Å². The maximum atomic E-state index is 12.6. The third-order valence-corrected chi connectivity index (χ3v) is 4.58. The molecule has 1 saturated carbocycles. The molecule has 0 atom stereocenters. The molecule has 2 rings (SSSR count). The Hall–Kier alpha value is -0.250. The summed E-state index contributed by atoms with van der Waals surface area (Å²) >= 11 is 15.4. The average molecular weight is 365 g/mol. The number of halogens is 3. The van der Waals surface area contributed by atoms with Crippen molar-refractivity contribution in [2.75, 3.05) is 11.9 Å². The lowest BCUT2D eigenvalue weighted by Gasteiger charge is -2.37. The minimum absolute atomic E-state index is 0.0207. The number of alkyl halides is 1. The lowest BCUT2D eigenvalue weighted by molar-refractivity contribution is 0.0581. The Morgan fingerprint density at radius 3 is 2.63 bits per heavy atom. The van der Waals surface area contributed by atoms with Gasteiger partial charge in [0.05, 0.1) is 10.6 Å². The maximum absolute atomic E-state index is 12.6. The molecule has 19 heavy (non-hydrogen) atoms. The Morgan fingerprint density at radius 2 is 2.11 bits per heavy atom. The van der Waals surface area contributed by atoms with Crippen molar-refractivity contribution in [3.8, 4) is 0 Å². The lowest BCUT2D eigenvalue weighted by Crippen LogP contribution is -2.44. The minimum atomic E-state index is 0.0207. The first-order valence-corrected chi connectivity index (χ1v) is 8.33. The highest BCUT2D eigenvalue weighted by Gasteiger charge is 2.29. The first-order chi connectivity index (χ1) is 9.13. The van der Waals surface area contributed by atoms with Gasteiger partial charge in [0.15, 0.2) is 0 Å². The van der Waals surface area contributed by atoms with Crippen molar-refractivity contribution in [1.29, 1.82) is 0 Å². The Balaban J connectivity index is 2.17. The third kappa shape index (κ3) is 3.65. The number of carbonyl (C=O) groups excluding carboxylic acids is 1. The van der Waals surface area contributed by atoms with Gasteiger partial charge in [0.25, 0.3) is 5.91 Å². The van der Waals surface area contributed by atoms with Crippen molar-refractivity contribution in [2.45, 2.75) is 31.7 Å². The quantitative estimate of drug-likeness (QED) is 0.689. The molecule has 0 N–H and O–H groups in total. The van der Waals surface area contributed by atoms with E-state index < -0.39 is 0 Å². The van der Waals surface area contributed by atoms with E-state index in [9.17, 15) is 4.79 Å². The summed E-state index contributed by atoms with van der Waals surface area (Å²) in [5, 5.41) is 1.88. The lowest BCUT2D eigenvalue weighted by atomic mass is 9.91. The van der Waals surface area contributed by atoms with E-state index in [1.165, 1.54) is 6.42 Å². The molecule has 0 spiro atoms. The molecule has 0 unspecified atom stereocenters. The molecule has 1 aliphatic rings. The van der Waals surface area contributed by atoms with Crippen LogP contribution in [0.3, 0.4) is 0 Å². The molecule has 0 aromatic heterocycles. The molecule has 0 bridgehead atoms. The predicted octanol–water partition coefficient (Wildman–Crippen LogP) is 4.77. The van der Waals surface area contributed by atoms with Gasteiger partial charge in [-0.15, -0.1) is 0 Å². The summed E-state index contributed by atoms with van der Waals surface area (Å²) in [6.45, 7) is 0.772. The predicted molar refractivity (Wildman–Crippen MR) is 83.5 cm³/mol. The van der Waals surface area contributed by atoms with Gasteiger partial charge < -0.3 is 4.90 Å². The summed E-state index contributed by atoms with van der Waals surface area (Å²) in [5.41, 5.74) is 0.549. The Bertz CT molecular complexity index is 463. The molecule has 0 aliphatic heterocycles. The molecule has 104 valence electrons. The minimum Gasteiger partial charge on any atom is -0.336 e. The summed E-state index contributed by atoms with van der Waals surface area (Å²) in [5.74, 6) is 0.0207. The van der Waals surface area contributed by atoms with Crippen molar-refractivity contribution in [2.24, 2.45) is 0 Å². The molecule has 1 aromatic rings. The first kappa shape index (κ1) is 15.1. The van der Waals surface area contributed by atoms with Crippen LogP contribution in [0.2, 0.25) is 10.0 Å². The van der Waals surface area contributed by atoms with Gasteiger partial charge in [-0.25, -0.2) is 0 Å². The van der Waals surface area contributed by atoms with Crippen molar-refractivity contribution >= 4 is 45.0 Å². The average Bonchev–Trinajstić information content (AvgIpc) is 2.31. The monoisotopic (exact) mass is 363 g/mol. The van der Waals surface area contributed by atoms with Crippen molar-refractivity contribution in [3.05, 3.63) is 33.8 Å². The van der Waals surface area contributed by atoms with E-state index in [1.807, 2.05) is 4.90 Å². The van der Waals surface area contributed by atoms with Crippen LogP contribution in [0.4, 0.5) is 0 Å². The fourth-order valence-corrected chi connectivity index (χ4v) is 2.94. The second-order valence-electron chi connectivity index (χ2n) is 4.75. The molecule has 0 saturated heterocycles. The zero-order chi connectivity index (χ0) is 13.8. The second kappa shape index (κ2) is 6.96. The van der Waals surface area contributed by atoms with Crippen LogP contribution in [0.25, 0.3) is 0 Å². The molecule has 1 aromatic carbocycles. The molecule has 1 amide bonds. The van der Waals surface area contributed by atoms with Gasteiger partial charge in [0, 0.05) is 22.9 Å². The number of rotatable bonds is 5. The van der Waals surface area contributed by atoms with Crippen molar-refractivity contribution < 1.29 is 4.79 Å². The van der Waals surface area contributed by atoms with E-state index in [0.717, 1.165) is 31.1 Å². The van der Waals surface area contributed by atoms with Gasteiger partial charge in [-0.3, -0.25) is 4.79 Å². The van der Waals surface area contributed by atoms with Gasteiger partial charge in [-0.05, 0) is 43.9 Å². The van der Waals surface area contributed by atoms with Crippen LogP contribution in [-0.2, 0) is 0 Å². The van der Waals surface area contributed by atoms with Crippen LogP contribution in [0.15, 0.2) is 18.2 Å². The summed E-state index contributed by atoms with van der Waals surface area (Å²) in [6, 6.07) is 5.43. The van der Waals surface area contributed by atoms with Gasteiger partial charge in [-0.1, -0.05) is 39.1 Å². The van der Waals surface area contributed by atoms with Gasteiger partial charge in [0.1, 0.15) is 0 Å². The van der Waals surface area contributed by atoms with Crippen LogP contribution in [-0.4, -0.2) is 28.7 Å². The van der Waals surface area contributed by atoms with Gasteiger partial charge in [0.2, 0.25) is 0 Å². The number of hydrogen-bond donors (Lipinski definition) is 0. The van der Waals surface area contributed by atoms with E-state index in [4.69, 9.17) is 23.2 Å². The number of nitrogens with zero attached hydrogens (tertiary/aromatic N) is 1. The fourth-order valence-electron chi connectivity index (χ4n) is 2.20. The summed E-state index contributed by atoms with van der Waals surface area (Å²) in [7, 11) is 0. The molecule has 0 radical (unpaired) electrons. The van der Waals surface area contributed by atoms with E-state index in [2.05, 4.69) is 15.9 Å². The van der Waals surface area contributed by atoms with Gasteiger partial charge in [-0.2, -0.15) is 0 Å². The highest BCUT2D eigenvalue weighted by atomic mass is 79.9. The summed E-state index contributed by atoms with van der Waals surface area (Å²) in [4.78, 5) is 14.6. The molecular weight excluding hydrogens is 349 g/mol. The molecule has 0 heterocycles. The topological polar surface area (TPSA) is 20.3 Å². The fraction of sp³-hybridized carbons (Fsp3) is 0.500. The van der Waals surface area contributed by atoms with Crippen molar-refractivity contribution in [3.63, 3.8) is 0 Å². The SMILES string of the molecule is O=C(c1ccc(Cl)cc1Cl)N(CCCBr)C1CCC1. The zero-order valence-electron chi connectivity index (χ0n) is 10.5. The molecule has 5 heteroatoms. The number of hydrogen-bond acceptors (Lipinski definition) is 1. The van der Waals surface area contributed by atoms with E-state index >= 15 is 0 Å². The molecule has 2 nitrogen and oxygen atoms in total. The van der Waals surface area contributed by atoms with E-state index in [1.54, 1.807) is 18.2 Å². The van der Waals surface area contributed by atoms with Crippen LogP contribution >= 0.6 is 39.1 Å². The summed E-state index contributed by atoms with van der Waals surface area (Å²) < 4.78 is 0. The molecule has 1 fully saturated rings. The highest BCUT2D eigenvalue weighted by molar-refractivity contribution is 9.09. The van der Waals surface area contributed by atoms with E-state index in [0.29, 0.717) is 21.7 Å². The highest BCUT2D eigenvalue weighted by Crippen LogP contribution is 2.29. The third-order valence-electron chi connectivity index (χ3n) is 3.47. The van der Waals surface area contributed by atoms with Crippen LogP contribution in [0.1, 0.15) is 36.0 Å². The Morgan fingerprint density at radius 1 is 1.37 bits per heavy atom. The largest absolute Gasteiger partial charge is 0.336 e.